The molecule has 1 heteroatoms. The third-order valence-corrected chi connectivity index (χ3v) is 6.11. The summed E-state index contributed by atoms with van der Waals surface area (Å²) >= 11 is 0. The smallest absolute Gasteiger partial charge is 0.0237 e. The molecule has 0 saturated heterocycles. The van der Waals surface area contributed by atoms with E-state index in [0.717, 1.165) is 11.3 Å². The highest BCUT2D eigenvalue weighted by Crippen LogP contribution is 2.36. The molecule has 0 aliphatic rings. The van der Waals surface area contributed by atoms with Crippen LogP contribution in [-0.2, 0) is 0 Å². The van der Waals surface area contributed by atoms with Gasteiger partial charge in [0.05, 0.1) is 0 Å². The zero-order valence-electron chi connectivity index (χ0n) is 12.7. The van der Waals surface area contributed by atoms with E-state index in [9.17, 15) is 0 Å². The molecule has 0 amide bonds. The van der Waals surface area contributed by atoms with E-state index < -0.39 is 0 Å². The van der Waals surface area contributed by atoms with Crippen LogP contribution < -0.4 is 0 Å². The maximum atomic E-state index is 2.39. The molecule has 0 radical (unpaired) electrons. The average molecular weight is 258 g/mol. The van der Waals surface area contributed by atoms with Gasteiger partial charge in [0.15, 0.2) is 0 Å². The third-order valence-electron chi connectivity index (χ3n) is 3.77. The molecule has 0 aliphatic carbocycles. The van der Waals surface area contributed by atoms with Crippen LogP contribution in [0.2, 0.25) is 0 Å². The van der Waals surface area contributed by atoms with E-state index in [1.165, 1.54) is 72.8 Å². The van der Waals surface area contributed by atoms with E-state index in [1.54, 1.807) is 0 Å². The molecule has 0 spiro atoms. The minimum atomic E-state index is 1.04. The predicted octanol–water partition coefficient (Wildman–Crippen LogP) is 6.38. The summed E-state index contributed by atoms with van der Waals surface area (Å²) in [5.41, 5.74) is 2.07. The normalized spacial score (nSPS) is 15.5. The molecule has 0 fully saturated rings. The monoisotopic (exact) mass is 258 g/mol. The van der Waals surface area contributed by atoms with E-state index in [4.69, 9.17) is 0 Å². The van der Waals surface area contributed by atoms with Crippen molar-refractivity contribution < 1.29 is 0 Å². The summed E-state index contributed by atoms with van der Waals surface area (Å²) in [6.45, 7) is 9.40. The van der Waals surface area contributed by atoms with Crippen LogP contribution in [0.3, 0.4) is 0 Å². The van der Waals surface area contributed by atoms with Crippen molar-refractivity contribution in [3.8, 4) is 0 Å². The van der Waals surface area contributed by atoms with Crippen LogP contribution >= 0.6 is 8.58 Å². The van der Waals surface area contributed by atoms with Gasteiger partial charge in [-0.2, -0.15) is 0 Å². The second-order valence-corrected chi connectivity index (χ2v) is 7.33. The van der Waals surface area contributed by atoms with Gasteiger partial charge in [0.2, 0.25) is 0 Å². The van der Waals surface area contributed by atoms with Crippen molar-refractivity contribution in [2.45, 2.75) is 103 Å². The molecule has 2 atom stereocenters. The van der Waals surface area contributed by atoms with Gasteiger partial charge >= 0.3 is 0 Å². The third kappa shape index (κ3) is 10.1. The van der Waals surface area contributed by atoms with Gasteiger partial charge in [-0.1, -0.05) is 66.2 Å². The topological polar surface area (TPSA) is 0 Å². The van der Waals surface area contributed by atoms with Gasteiger partial charge in [0, 0.05) is 0 Å². The highest BCUT2D eigenvalue weighted by Gasteiger charge is 2.13. The lowest BCUT2D eigenvalue weighted by Gasteiger charge is -2.22. The van der Waals surface area contributed by atoms with Crippen LogP contribution in [0.5, 0.6) is 0 Å². The molecule has 2 unspecified atom stereocenters. The Morgan fingerprint density at radius 1 is 0.647 bits per heavy atom. The van der Waals surface area contributed by atoms with Crippen LogP contribution in [0, 0.1) is 0 Å². The molecule has 0 aromatic heterocycles. The molecule has 0 aliphatic heterocycles. The van der Waals surface area contributed by atoms with E-state index in [1.807, 2.05) is 0 Å². The fourth-order valence-electron chi connectivity index (χ4n) is 2.43. The maximum Gasteiger partial charge on any atom is -0.0237 e. The van der Waals surface area contributed by atoms with Crippen molar-refractivity contribution >= 4 is 8.58 Å². The first-order valence-corrected chi connectivity index (χ1v) is 9.19. The molecular formula is C16H35P. The zero-order valence-corrected chi connectivity index (χ0v) is 13.7. The fourth-order valence-corrected chi connectivity index (χ4v) is 4.31. The summed E-state index contributed by atoms with van der Waals surface area (Å²) < 4.78 is 0. The standard InChI is InChI=1S/C16H35P/c1-5-9-11-13-15(7-3)17-16(8-4)14-12-10-6-2/h15-17H,5-14H2,1-4H3. The summed E-state index contributed by atoms with van der Waals surface area (Å²) in [5.74, 6) is 0. The van der Waals surface area contributed by atoms with E-state index >= 15 is 0 Å². The summed E-state index contributed by atoms with van der Waals surface area (Å²) in [6, 6.07) is 0. The van der Waals surface area contributed by atoms with E-state index in [2.05, 4.69) is 27.7 Å². The van der Waals surface area contributed by atoms with E-state index in [0.29, 0.717) is 0 Å². The Labute approximate surface area is 112 Å². The van der Waals surface area contributed by atoms with Gasteiger partial charge in [0.25, 0.3) is 0 Å². The number of rotatable bonds is 12. The van der Waals surface area contributed by atoms with Gasteiger partial charge in [-0.25, -0.2) is 0 Å². The minimum Gasteiger partial charge on any atom is -0.116 e. The van der Waals surface area contributed by atoms with Crippen molar-refractivity contribution in [3.63, 3.8) is 0 Å². The molecule has 0 saturated carbocycles. The number of hydrogen-bond donors (Lipinski definition) is 0. The lowest BCUT2D eigenvalue weighted by molar-refractivity contribution is 0.609. The Morgan fingerprint density at radius 2 is 1.06 bits per heavy atom. The first-order valence-electron chi connectivity index (χ1n) is 8.04. The van der Waals surface area contributed by atoms with E-state index in [-0.39, 0.29) is 0 Å². The lowest BCUT2D eigenvalue weighted by atomic mass is 10.1. The Kier molecular flexibility index (Phi) is 13.2. The van der Waals surface area contributed by atoms with Crippen LogP contribution in [0.1, 0.15) is 91.9 Å². The first kappa shape index (κ1) is 17.4. The van der Waals surface area contributed by atoms with Crippen LogP contribution in [0.15, 0.2) is 0 Å². The molecule has 0 aromatic rings. The van der Waals surface area contributed by atoms with Gasteiger partial charge in [-0.05, 0) is 37.0 Å². The quantitative estimate of drug-likeness (QED) is 0.281. The van der Waals surface area contributed by atoms with Crippen molar-refractivity contribution in [1.82, 2.24) is 0 Å². The molecule has 104 valence electrons. The van der Waals surface area contributed by atoms with Gasteiger partial charge in [-0.3, -0.25) is 0 Å². The molecular weight excluding hydrogens is 223 g/mol. The lowest BCUT2D eigenvalue weighted by Crippen LogP contribution is -2.07. The Morgan fingerprint density at radius 3 is 1.35 bits per heavy atom. The second-order valence-electron chi connectivity index (χ2n) is 5.37. The van der Waals surface area contributed by atoms with Crippen LogP contribution in [0.4, 0.5) is 0 Å². The van der Waals surface area contributed by atoms with Gasteiger partial charge < -0.3 is 0 Å². The van der Waals surface area contributed by atoms with Gasteiger partial charge in [-0.15, -0.1) is 8.58 Å². The largest absolute Gasteiger partial charge is 0.116 e. The van der Waals surface area contributed by atoms with Crippen molar-refractivity contribution in [2.75, 3.05) is 0 Å². The zero-order chi connectivity index (χ0) is 12.9. The Balaban J connectivity index is 3.77. The molecule has 0 rings (SSSR count). The molecule has 0 N–H and O–H groups in total. The molecule has 17 heavy (non-hydrogen) atoms. The molecule has 0 nitrogen and oxygen atoms in total. The van der Waals surface area contributed by atoms with Crippen molar-refractivity contribution in [3.05, 3.63) is 0 Å². The van der Waals surface area contributed by atoms with Crippen molar-refractivity contribution in [1.29, 1.82) is 0 Å². The van der Waals surface area contributed by atoms with Crippen LogP contribution in [-0.4, -0.2) is 11.3 Å². The summed E-state index contributed by atoms with van der Waals surface area (Å²) in [4.78, 5) is 0. The first-order chi connectivity index (χ1) is 8.28. The Hall–Kier alpha value is 0.430. The van der Waals surface area contributed by atoms with Gasteiger partial charge in [0.1, 0.15) is 0 Å². The highest BCUT2D eigenvalue weighted by molar-refractivity contribution is 7.39. The maximum absolute atomic E-state index is 2.39. The molecule has 0 aromatic carbocycles. The fraction of sp³-hybridized carbons (Fsp3) is 1.00. The molecule has 0 bridgehead atoms. The molecule has 0 heterocycles. The Bertz CT molecular complexity index is 128. The number of hydrogen-bond acceptors (Lipinski definition) is 0. The summed E-state index contributed by atoms with van der Waals surface area (Å²) in [7, 11) is 1.24. The summed E-state index contributed by atoms with van der Waals surface area (Å²) in [5, 5.41) is 0. The minimum absolute atomic E-state index is 1.04. The van der Waals surface area contributed by atoms with Crippen LogP contribution in [0.25, 0.3) is 0 Å². The predicted molar refractivity (Wildman–Crippen MR) is 84.8 cm³/mol. The summed E-state index contributed by atoms with van der Waals surface area (Å²) in [6.07, 6.45) is 14.3. The SMILES string of the molecule is CCCCCC(CC)PC(CC)CCCCC. The number of unbranched alkanes of at least 4 members (excludes halogenated alkanes) is 4. The average Bonchev–Trinajstić information content (AvgIpc) is 2.36. The second kappa shape index (κ2) is 12.9. The highest BCUT2D eigenvalue weighted by atomic mass is 31.1. The van der Waals surface area contributed by atoms with Crippen molar-refractivity contribution in [2.24, 2.45) is 0 Å².